The van der Waals surface area contributed by atoms with Crippen molar-refractivity contribution in [1.82, 2.24) is 0 Å². The molecule has 1 amide bonds. The molecule has 14 heavy (non-hydrogen) atoms. The molecule has 0 radical (unpaired) electrons. The van der Waals surface area contributed by atoms with Gasteiger partial charge in [0.15, 0.2) is 0 Å². The maximum atomic E-state index is 11.2. The first kappa shape index (κ1) is 8.74. The molecule has 0 saturated carbocycles. The standard InChI is InChI=1S/C10H9NO3/c1-2-14-6-3-4-7-8(5-6)11-10(13)9(7)12/h3-5H,2H2,1H3,(H,11,12,13). The fraction of sp³-hybridized carbons (Fsp3) is 0.200. The Labute approximate surface area is 80.9 Å². The highest BCUT2D eigenvalue weighted by Crippen LogP contribution is 2.27. The monoisotopic (exact) mass is 191 g/mol. The Kier molecular flexibility index (Phi) is 1.96. The van der Waals surface area contributed by atoms with Crippen molar-refractivity contribution in [3.05, 3.63) is 23.8 Å². The highest BCUT2D eigenvalue weighted by atomic mass is 16.5. The molecule has 1 N–H and O–H groups in total. The van der Waals surface area contributed by atoms with Crippen molar-refractivity contribution in [2.24, 2.45) is 0 Å². The van der Waals surface area contributed by atoms with Gasteiger partial charge in [-0.3, -0.25) is 9.59 Å². The Morgan fingerprint density at radius 1 is 1.36 bits per heavy atom. The Balaban J connectivity index is 2.39. The van der Waals surface area contributed by atoms with Gasteiger partial charge in [0.05, 0.1) is 17.9 Å². The maximum Gasteiger partial charge on any atom is 0.296 e. The van der Waals surface area contributed by atoms with Crippen LogP contribution in [0.3, 0.4) is 0 Å². The number of nitrogens with one attached hydrogen (secondary N) is 1. The van der Waals surface area contributed by atoms with Gasteiger partial charge in [-0.1, -0.05) is 0 Å². The van der Waals surface area contributed by atoms with Gasteiger partial charge in [0.1, 0.15) is 5.75 Å². The van der Waals surface area contributed by atoms with E-state index in [0.29, 0.717) is 23.6 Å². The molecular formula is C10H9NO3. The lowest BCUT2D eigenvalue weighted by molar-refractivity contribution is -0.112. The summed E-state index contributed by atoms with van der Waals surface area (Å²) >= 11 is 0. The smallest absolute Gasteiger partial charge is 0.296 e. The van der Waals surface area contributed by atoms with Crippen LogP contribution >= 0.6 is 0 Å². The summed E-state index contributed by atoms with van der Waals surface area (Å²) in [4.78, 5) is 22.2. The van der Waals surface area contributed by atoms with Crippen molar-refractivity contribution in [2.45, 2.75) is 6.92 Å². The number of fused-ring (bicyclic) bond motifs is 1. The summed E-state index contributed by atoms with van der Waals surface area (Å²) < 4.78 is 5.24. The number of Topliss-reactive ketones (excluding diaryl/α,β-unsaturated/α-hetero) is 1. The summed E-state index contributed by atoms with van der Waals surface area (Å²) in [5, 5.41) is 2.48. The number of hydrogen-bond acceptors (Lipinski definition) is 3. The van der Waals surface area contributed by atoms with Crippen LogP contribution in [0.5, 0.6) is 5.75 Å². The molecule has 0 unspecified atom stereocenters. The van der Waals surface area contributed by atoms with Crippen LogP contribution in [0.2, 0.25) is 0 Å². The third-order valence-corrected chi connectivity index (χ3v) is 2.00. The van der Waals surface area contributed by atoms with Gasteiger partial charge in [0, 0.05) is 6.07 Å². The molecule has 1 heterocycles. The van der Waals surface area contributed by atoms with Crippen molar-refractivity contribution in [3.63, 3.8) is 0 Å². The summed E-state index contributed by atoms with van der Waals surface area (Å²) in [6, 6.07) is 4.93. The molecule has 0 bridgehead atoms. The van der Waals surface area contributed by atoms with Crippen LogP contribution in [0.15, 0.2) is 18.2 Å². The Hall–Kier alpha value is -1.84. The van der Waals surface area contributed by atoms with Gasteiger partial charge < -0.3 is 10.1 Å². The third-order valence-electron chi connectivity index (χ3n) is 2.00. The number of carbonyl (C=O) groups is 2. The van der Waals surface area contributed by atoms with Crippen LogP contribution in [0.25, 0.3) is 0 Å². The molecule has 1 aliphatic rings. The highest BCUT2D eigenvalue weighted by molar-refractivity contribution is 6.51. The van der Waals surface area contributed by atoms with Crippen LogP contribution in [-0.4, -0.2) is 18.3 Å². The fourth-order valence-corrected chi connectivity index (χ4v) is 1.38. The van der Waals surface area contributed by atoms with E-state index in [9.17, 15) is 9.59 Å². The molecule has 0 spiro atoms. The van der Waals surface area contributed by atoms with Crippen molar-refractivity contribution >= 4 is 17.4 Å². The number of anilines is 1. The highest BCUT2D eigenvalue weighted by Gasteiger charge is 2.27. The van der Waals surface area contributed by atoms with E-state index in [1.807, 2.05) is 6.92 Å². The molecule has 0 atom stereocenters. The van der Waals surface area contributed by atoms with Crippen LogP contribution < -0.4 is 10.1 Å². The molecule has 4 heteroatoms. The van der Waals surface area contributed by atoms with E-state index in [4.69, 9.17) is 4.74 Å². The number of rotatable bonds is 2. The summed E-state index contributed by atoms with van der Waals surface area (Å²) in [7, 11) is 0. The Morgan fingerprint density at radius 2 is 2.14 bits per heavy atom. The van der Waals surface area contributed by atoms with E-state index < -0.39 is 11.7 Å². The van der Waals surface area contributed by atoms with Gasteiger partial charge in [-0.15, -0.1) is 0 Å². The zero-order valence-electron chi connectivity index (χ0n) is 7.66. The third kappa shape index (κ3) is 1.25. The first-order chi connectivity index (χ1) is 6.72. The largest absolute Gasteiger partial charge is 0.494 e. The van der Waals surface area contributed by atoms with Gasteiger partial charge >= 0.3 is 0 Å². The van der Waals surface area contributed by atoms with E-state index >= 15 is 0 Å². The lowest BCUT2D eigenvalue weighted by Crippen LogP contribution is -2.12. The minimum Gasteiger partial charge on any atom is -0.494 e. The summed E-state index contributed by atoms with van der Waals surface area (Å²) in [5.74, 6) is -0.405. The average Bonchev–Trinajstić information content (AvgIpc) is 2.43. The van der Waals surface area contributed by atoms with Gasteiger partial charge in [-0.25, -0.2) is 0 Å². The van der Waals surface area contributed by atoms with Crippen molar-refractivity contribution in [3.8, 4) is 5.75 Å². The number of carbonyl (C=O) groups excluding carboxylic acids is 2. The van der Waals surface area contributed by atoms with Crippen molar-refractivity contribution in [2.75, 3.05) is 11.9 Å². The number of benzene rings is 1. The topological polar surface area (TPSA) is 55.4 Å². The summed E-state index contributed by atoms with van der Waals surface area (Å²) in [6.07, 6.45) is 0. The molecule has 2 rings (SSSR count). The van der Waals surface area contributed by atoms with Gasteiger partial charge in [0.2, 0.25) is 0 Å². The fourth-order valence-electron chi connectivity index (χ4n) is 1.38. The number of hydrogen-bond donors (Lipinski definition) is 1. The minimum absolute atomic E-state index is 0.415. The van der Waals surface area contributed by atoms with Crippen molar-refractivity contribution < 1.29 is 14.3 Å². The van der Waals surface area contributed by atoms with Crippen LogP contribution in [0.1, 0.15) is 17.3 Å². The zero-order valence-corrected chi connectivity index (χ0v) is 7.66. The molecule has 1 aromatic carbocycles. The predicted octanol–water partition coefficient (Wildman–Crippen LogP) is 1.22. The van der Waals surface area contributed by atoms with Gasteiger partial charge in [0.25, 0.3) is 11.7 Å². The molecular weight excluding hydrogens is 182 g/mol. The predicted molar refractivity (Wildman–Crippen MR) is 50.6 cm³/mol. The normalized spacial score (nSPS) is 13.8. The SMILES string of the molecule is CCOc1ccc2c(c1)NC(=O)C2=O. The molecule has 1 aromatic rings. The summed E-state index contributed by atoms with van der Waals surface area (Å²) in [6.45, 7) is 2.43. The molecule has 0 aromatic heterocycles. The lowest BCUT2D eigenvalue weighted by atomic mass is 10.1. The van der Waals surface area contributed by atoms with E-state index in [-0.39, 0.29) is 0 Å². The first-order valence-corrected chi connectivity index (χ1v) is 4.35. The van der Waals surface area contributed by atoms with Gasteiger partial charge in [-0.2, -0.15) is 0 Å². The van der Waals surface area contributed by atoms with Crippen LogP contribution in [0, 0.1) is 0 Å². The Morgan fingerprint density at radius 3 is 2.86 bits per heavy atom. The number of ether oxygens (including phenoxy) is 1. The lowest BCUT2D eigenvalue weighted by Gasteiger charge is -2.03. The van der Waals surface area contributed by atoms with Crippen molar-refractivity contribution in [1.29, 1.82) is 0 Å². The molecule has 72 valence electrons. The van der Waals surface area contributed by atoms with Crippen LogP contribution in [0.4, 0.5) is 5.69 Å². The number of ketones is 1. The molecule has 0 aliphatic carbocycles. The average molecular weight is 191 g/mol. The first-order valence-electron chi connectivity index (χ1n) is 4.35. The van der Waals surface area contributed by atoms with E-state index in [2.05, 4.69) is 5.32 Å². The van der Waals surface area contributed by atoms with E-state index in [1.165, 1.54) is 0 Å². The Bertz CT molecular complexity index is 412. The van der Waals surface area contributed by atoms with Crippen LogP contribution in [-0.2, 0) is 4.79 Å². The molecule has 4 nitrogen and oxygen atoms in total. The molecule has 0 fully saturated rings. The summed E-state index contributed by atoms with van der Waals surface area (Å²) in [5.41, 5.74) is 0.949. The molecule has 1 aliphatic heterocycles. The second kappa shape index (κ2) is 3.14. The maximum absolute atomic E-state index is 11.2. The zero-order chi connectivity index (χ0) is 10.1. The van der Waals surface area contributed by atoms with E-state index in [0.717, 1.165) is 0 Å². The second-order valence-electron chi connectivity index (χ2n) is 2.92. The quantitative estimate of drug-likeness (QED) is 0.715. The van der Waals surface area contributed by atoms with E-state index in [1.54, 1.807) is 18.2 Å². The number of amides is 1. The second-order valence-corrected chi connectivity index (χ2v) is 2.92. The van der Waals surface area contributed by atoms with Gasteiger partial charge in [-0.05, 0) is 19.1 Å². The molecule has 0 saturated heterocycles. The minimum atomic E-state index is -0.575.